The average Bonchev–Trinajstić information content (AvgIpc) is 2.02. The van der Waals surface area contributed by atoms with E-state index in [9.17, 15) is 4.79 Å². The monoisotopic (exact) mass is 168 g/mol. The fourth-order valence-corrected chi connectivity index (χ4v) is 0.950. The molecular formula is C9H16N2O. The molecule has 0 aromatic rings. The normalized spacial score (nSPS) is 11.8. The number of rotatable bonds is 6. The van der Waals surface area contributed by atoms with Crippen LogP contribution in [0.5, 0.6) is 0 Å². The predicted molar refractivity (Wildman–Crippen MR) is 50.4 cm³/mol. The second kappa shape index (κ2) is 6.58. The minimum Gasteiger partial charge on any atom is -0.350 e. The van der Waals surface area contributed by atoms with Gasteiger partial charge in [0.05, 0.1) is 0 Å². The highest BCUT2D eigenvalue weighted by atomic mass is 16.1. The zero-order valence-electron chi connectivity index (χ0n) is 7.47. The maximum Gasteiger partial charge on any atom is 0.217 e. The van der Waals surface area contributed by atoms with E-state index in [2.05, 4.69) is 11.9 Å². The average molecular weight is 168 g/mol. The first-order chi connectivity index (χ1) is 5.70. The Balaban J connectivity index is 3.59. The molecular weight excluding hydrogens is 152 g/mol. The minimum atomic E-state index is -0.0326. The zero-order valence-corrected chi connectivity index (χ0v) is 7.47. The Morgan fingerprint density at radius 3 is 2.83 bits per heavy atom. The Labute approximate surface area is 73.4 Å². The second-order valence-electron chi connectivity index (χ2n) is 2.68. The summed E-state index contributed by atoms with van der Waals surface area (Å²) in [5, 5.41) is 9.56. The smallest absolute Gasteiger partial charge is 0.217 e. The zero-order chi connectivity index (χ0) is 9.40. The van der Waals surface area contributed by atoms with Crippen LogP contribution in [0.1, 0.15) is 26.2 Å². The number of hydrogen-bond donors (Lipinski definition) is 2. The largest absolute Gasteiger partial charge is 0.350 e. The molecule has 1 atom stereocenters. The molecule has 68 valence electrons. The lowest BCUT2D eigenvalue weighted by Crippen LogP contribution is -2.31. The van der Waals surface area contributed by atoms with Crippen molar-refractivity contribution < 1.29 is 4.79 Å². The topological polar surface area (TPSA) is 53.0 Å². The van der Waals surface area contributed by atoms with E-state index in [1.807, 2.05) is 0 Å². The fourth-order valence-electron chi connectivity index (χ4n) is 0.950. The van der Waals surface area contributed by atoms with Crippen molar-refractivity contribution in [3.8, 4) is 0 Å². The molecule has 3 nitrogen and oxygen atoms in total. The van der Waals surface area contributed by atoms with Gasteiger partial charge in [0, 0.05) is 13.0 Å². The van der Waals surface area contributed by atoms with E-state index in [0.717, 1.165) is 19.3 Å². The molecule has 0 spiro atoms. The van der Waals surface area contributed by atoms with Crippen LogP contribution in [0.2, 0.25) is 0 Å². The summed E-state index contributed by atoms with van der Waals surface area (Å²) < 4.78 is 0. The molecule has 0 saturated carbocycles. The molecule has 1 amide bonds. The maximum absolute atomic E-state index is 10.6. The molecule has 0 radical (unpaired) electrons. The van der Waals surface area contributed by atoms with E-state index in [1.165, 1.54) is 13.1 Å². The Kier molecular flexibility index (Phi) is 5.97. The molecule has 1 unspecified atom stereocenters. The first-order valence-corrected chi connectivity index (χ1v) is 4.09. The van der Waals surface area contributed by atoms with Crippen LogP contribution in [-0.4, -0.2) is 18.2 Å². The first kappa shape index (κ1) is 10.9. The number of unbranched alkanes of at least 4 members (excludes halogenated alkanes) is 1. The van der Waals surface area contributed by atoms with Gasteiger partial charge in [-0.3, -0.25) is 4.79 Å². The molecule has 0 heterocycles. The quantitative estimate of drug-likeness (QED) is 0.352. The Morgan fingerprint density at radius 2 is 2.42 bits per heavy atom. The van der Waals surface area contributed by atoms with Crippen LogP contribution in [0.4, 0.5) is 0 Å². The fraction of sp³-hybridized carbons (Fsp3) is 0.556. The molecule has 0 aliphatic rings. The summed E-state index contributed by atoms with van der Waals surface area (Å²) in [6.07, 6.45) is 5.65. The van der Waals surface area contributed by atoms with Crippen LogP contribution in [0.3, 0.4) is 0 Å². The van der Waals surface area contributed by atoms with E-state index >= 15 is 0 Å². The summed E-state index contributed by atoms with van der Waals surface area (Å²) in [5.74, 6) is -0.0326. The van der Waals surface area contributed by atoms with Crippen LogP contribution in [0.15, 0.2) is 12.7 Å². The summed E-state index contributed by atoms with van der Waals surface area (Å²) in [6.45, 7) is 5.11. The van der Waals surface area contributed by atoms with Crippen molar-refractivity contribution >= 4 is 12.1 Å². The molecule has 0 saturated heterocycles. The highest BCUT2D eigenvalue weighted by Crippen LogP contribution is 2.00. The molecule has 2 N–H and O–H groups in total. The van der Waals surface area contributed by atoms with Crippen LogP contribution < -0.4 is 5.32 Å². The highest BCUT2D eigenvalue weighted by molar-refractivity contribution is 5.73. The van der Waals surface area contributed by atoms with E-state index in [-0.39, 0.29) is 11.9 Å². The molecule has 0 aliphatic heterocycles. The summed E-state index contributed by atoms with van der Waals surface area (Å²) in [6, 6.07) is 0.0578. The number of nitrogens with one attached hydrogen (secondary N) is 2. The molecule has 3 heteroatoms. The molecule has 12 heavy (non-hydrogen) atoms. The van der Waals surface area contributed by atoms with Crippen LogP contribution in [0, 0.1) is 5.41 Å². The lowest BCUT2D eigenvalue weighted by molar-refractivity contribution is -0.119. The summed E-state index contributed by atoms with van der Waals surface area (Å²) >= 11 is 0. The Morgan fingerprint density at radius 1 is 1.75 bits per heavy atom. The van der Waals surface area contributed by atoms with Gasteiger partial charge in [0.15, 0.2) is 0 Å². The van der Waals surface area contributed by atoms with Crippen molar-refractivity contribution in [1.82, 2.24) is 5.32 Å². The second-order valence-corrected chi connectivity index (χ2v) is 2.68. The van der Waals surface area contributed by atoms with Crippen molar-refractivity contribution in [2.24, 2.45) is 0 Å². The van der Waals surface area contributed by atoms with E-state index in [4.69, 9.17) is 5.41 Å². The molecule has 0 aromatic carbocycles. The number of carbonyl (C=O) groups is 1. The van der Waals surface area contributed by atoms with Crippen molar-refractivity contribution in [3.63, 3.8) is 0 Å². The van der Waals surface area contributed by atoms with Gasteiger partial charge >= 0.3 is 0 Å². The van der Waals surface area contributed by atoms with Gasteiger partial charge in [-0.05, 0) is 25.5 Å². The molecule has 0 aromatic heterocycles. The first-order valence-electron chi connectivity index (χ1n) is 4.09. The molecule has 0 rings (SSSR count). The Hall–Kier alpha value is -1.12. The van der Waals surface area contributed by atoms with Crippen molar-refractivity contribution in [1.29, 1.82) is 5.41 Å². The lowest BCUT2D eigenvalue weighted by Gasteiger charge is -2.11. The van der Waals surface area contributed by atoms with Gasteiger partial charge in [0.2, 0.25) is 5.91 Å². The van der Waals surface area contributed by atoms with E-state index in [0.29, 0.717) is 0 Å². The van der Waals surface area contributed by atoms with Crippen LogP contribution in [-0.2, 0) is 4.79 Å². The third-order valence-corrected chi connectivity index (χ3v) is 1.54. The lowest BCUT2D eigenvalue weighted by atomic mass is 10.1. The molecule has 0 bridgehead atoms. The summed E-state index contributed by atoms with van der Waals surface area (Å²) in [7, 11) is 0. The SMILES string of the molecule is C=CC(CCCC=N)NC(C)=O. The van der Waals surface area contributed by atoms with Crippen LogP contribution >= 0.6 is 0 Å². The van der Waals surface area contributed by atoms with Crippen molar-refractivity contribution in [3.05, 3.63) is 12.7 Å². The minimum absolute atomic E-state index is 0.0326. The molecule has 0 aliphatic carbocycles. The maximum atomic E-state index is 10.6. The van der Waals surface area contributed by atoms with Gasteiger partial charge in [-0.2, -0.15) is 0 Å². The van der Waals surface area contributed by atoms with Crippen LogP contribution in [0.25, 0.3) is 0 Å². The van der Waals surface area contributed by atoms with E-state index in [1.54, 1.807) is 6.08 Å². The van der Waals surface area contributed by atoms with Crippen molar-refractivity contribution in [2.45, 2.75) is 32.2 Å². The summed E-state index contributed by atoms with van der Waals surface area (Å²) in [5.41, 5.74) is 0. The highest BCUT2D eigenvalue weighted by Gasteiger charge is 2.03. The third kappa shape index (κ3) is 5.65. The van der Waals surface area contributed by atoms with E-state index < -0.39 is 0 Å². The molecule has 0 fully saturated rings. The van der Waals surface area contributed by atoms with Crippen molar-refractivity contribution in [2.75, 3.05) is 0 Å². The van der Waals surface area contributed by atoms with Gasteiger partial charge < -0.3 is 10.7 Å². The number of carbonyl (C=O) groups excluding carboxylic acids is 1. The standard InChI is InChI=1S/C9H16N2O/c1-3-9(11-8(2)12)6-4-5-7-10/h3,7,9-10H,1,4-6H2,2H3,(H,11,12). The van der Waals surface area contributed by atoms with Gasteiger partial charge in [-0.25, -0.2) is 0 Å². The number of amides is 1. The van der Waals surface area contributed by atoms with Gasteiger partial charge in [0.25, 0.3) is 0 Å². The summed E-state index contributed by atoms with van der Waals surface area (Å²) in [4.78, 5) is 10.6. The third-order valence-electron chi connectivity index (χ3n) is 1.54. The Bertz CT molecular complexity index is 166. The van der Waals surface area contributed by atoms with Gasteiger partial charge in [-0.15, -0.1) is 6.58 Å². The number of hydrogen-bond acceptors (Lipinski definition) is 2. The predicted octanol–water partition coefficient (Wildman–Crippen LogP) is 1.50. The van der Waals surface area contributed by atoms with Gasteiger partial charge in [0.1, 0.15) is 0 Å². The van der Waals surface area contributed by atoms with Gasteiger partial charge in [-0.1, -0.05) is 6.08 Å².